The molecule has 0 saturated heterocycles. The highest BCUT2D eigenvalue weighted by Crippen LogP contribution is 2.43. The van der Waals surface area contributed by atoms with E-state index in [0.717, 1.165) is 44.9 Å². The Morgan fingerprint density at radius 1 is 0.590 bits per heavy atom. The molecule has 3 N–H and O–H groups in total. The summed E-state index contributed by atoms with van der Waals surface area (Å²) in [4.78, 5) is 33.8. The summed E-state index contributed by atoms with van der Waals surface area (Å²) in [5, 5.41) is 18.8. The normalized spacial score (nSPS) is 14.5. The molecular weight excluding hydrogens is 527 g/mol. The summed E-state index contributed by atoms with van der Waals surface area (Å²) in [6.07, 6.45) is 15.7. The Balaban J connectivity index is 4.06. The van der Waals surface area contributed by atoms with Gasteiger partial charge >= 0.3 is 19.8 Å². The van der Waals surface area contributed by atoms with Crippen LogP contribution in [0.15, 0.2) is 0 Å². The molecule has 0 aliphatic heterocycles. The second-order valence-electron chi connectivity index (χ2n) is 10.1. The Morgan fingerprint density at radius 2 is 0.897 bits per heavy atom. The van der Waals surface area contributed by atoms with Gasteiger partial charge in [0.15, 0.2) is 0 Å². The minimum Gasteiger partial charge on any atom is -0.457 e. The lowest BCUT2D eigenvalue weighted by molar-refractivity contribution is -0.153. The summed E-state index contributed by atoms with van der Waals surface area (Å²) in [5.74, 6) is -1.03. The van der Waals surface area contributed by atoms with Crippen molar-refractivity contribution in [3.63, 3.8) is 0 Å². The molecule has 0 aromatic rings. The van der Waals surface area contributed by atoms with Crippen molar-refractivity contribution in [1.82, 2.24) is 0 Å². The average Bonchev–Trinajstić information content (AvgIpc) is 2.91. The number of ether oxygens (including phenoxy) is 2. The molecule has 11 heteroatoms. The van der Waals surface area contributed by atoms with Crippen LogP contribution in [-0.4, -0.2) is 65.7 Å². The third-order valence-electron chi connectivity index (χ3n) is 6.32. The van der Waals surface area contributed by atoms with Crippen molar-refractivity contribution in [2.24, 2.45) is 0 Å². The Kier molecular flexibility index (Phi) is 25.2. The highest BCUT2D eigenvalue weighted by atomic mass is 31.2. The van der Waals surface area contributed by atoms with Crippen LogP contribution in [0.3, 0.4) is 0 Å². The lowest BCUT2D eigenvalue weighted by Gasteiger charge is -2.20. The molecule has 3 unspecified atom stereocenters. The second-order valence-corrected chi connectivity index (χ2v) is 11.6. The maximum atomic E-state index is 12.2. The molecule has 232 valence electrons. The van der Waals surface area contributed by atoms with E-state index in [4.69, 9.17) is 18.5 Å². The number of rotatable bonds is 28. The van der Waals surface area contributed by atoms with Gasteiger partial charge in [0.05, 0.1) is 26.4 Å². The summed E-state index contributed by atoms with van der Waals surface area (Å²) in [6, 6.07) is 0. The Hall–Kier alpha value is -1.03. The number of hydrogen-bond acceptors (Lipinski definition) is 9. The van der Waals surface area contributed by atoms with Gasteiger partial charge in [-0.2, -0.15) is 0 Å². The van der Waals surface area contributed by atoms with E-state index in [9.17, 15) is 29.3 Å². The SMILES string of the molecule is CCCCCCCCCCCCCC(=O)OC(CO)COP(=O)(O)OCC(CO)OC(=O)CCCCCCC. The van der Waals surface area contributed by atoms with Crippen molar-refractivity contribution in [3.05, 3.63) is 0 Å². The van der Waals surface area contributed by atoms with Crippen LogP contribution in [0.1, 0.15) is 129 Å². The predicted molar refractivity (Wildman–Crippen MR) is 150 cm³/mol. The minimum atomic E-state index is -4.60. The molecule has 39 heavy (non-hydrogen) atoms. The molecule has 0 heterocycles. The molecule has 0 rings (SSSR count). The molecule has 0 amide bonds. The first kappa shape index (κ1) is 38.0. The zero-order valence-electron chi connectivity index (χ0n) is 24.4. The van der Waals surface area contributed by atoms with Gasteiger partial charge in [-0.25, -0.2) is 4.57 Å². The van der Waals surface area contributed by atoms with Gasteiger partial charge < -0.3 is 24.6 Å². The number of phosphoric ester groups is 1. The summed E-state index contributed by atoms with van der Waals surface area (Å²) in [7, 11) is -4.60. The first-order chi connectivity index (χ1) is 18.8. The summed E-state index contributed by atoms with van der Waals surface area (Å²) in [5.41, 5.74) is 0. The number of aliphatic hydroxyl groups is 2. The number of carbonyl (C=O) groups is 2. The third-order valence-corrected chi connectivity index (χ3v) is 7.27. The van der Waals surface area contributed by atoms with Crippen LogP contribution in [0.4, 0.5) is 0 Å². The van der Waals surface area contributed by atoms with Gasteiger partial charge in [0.2, 0.25) is 0 Å². The van der Waals surface area contributed by atoms with Crippen LogP contribution in [0.2, 0.25) is 0 Å². The highest BCUT2D eigenvalue weighted by molar-refractivity contribution is 7.47. The molecule has 0 aromatic heterocycles. The molecular formula is C28H55O10P. The fourth-order valence-electron chi connectivity index (χ4n) is 3.94. The van der Waals surface area contributed by atoms with Crippen LogP contribution in [0.5, 0.6) is 0 Å². The zero-order chi connectivity index (χ0) is 29.2. The van der Waals surface area contributed by atoms with Gasteiger partial charge in [0.25, 0.3) is 0 Å². The Labute approximate surface area is 235 Å². The van der Waals surface area contributed by atoms with Crippen molar-refractivity contribution in [2.75, 3.05) is 26.4 Å². The fourth-order valence-corrected chi connectivity index (χ4v) is 4.72. The monoisotopic (exact) mass is 582 g/mol. The van der Waals surface area contributed by atoms with Gasteiger partial charge in [-0.3, -0.25) is 18.6 Å². The van der Waals surface area contributed by atoms with Crippen molar-refractivity contribution in [3.8, 4) is 0 Å². The molecule has 0 bridgehead atoms. The van der Waals surface area contributed by atoms with E-state index in [0.29, 0.717) is 12.8 Å². The molecule has 0 radical (unpaired) electrons. The molecule has 0 spiro atoms. The first-order valence-corrected chi connectivity index (χ1v) is 16.5. The third kappa shape index (κ3) is 24.5. The summed E-state index contributed by atoms with van der Waals surface area (Å²) in [6.45, 7) is 2.05. The molecule has 0 aliphatic carbocycles. The van der Waals surface area contributed by atoms with Gasteiger partial charge in [-0.15, -0.1) is 0 Å². The fraction of sp³-hybridized carbons (Fsp3) is 0.929. The topological polar surface area (TPSA) is 149 Å². The summed E-state index contributed by atoms with van der Waals surface area (Å²) < 4.78 is 32.0. The van der Waals surface area contributed by atoms with Gasteiger partial charge in [-0.1, -0.05) is 104 Å². The van der Waals surface area contributed by atoms with Gasteiger partial charge in [0.1, 0.15) is 12.2 Å². The van der Waals surface area contributed by atoms with Crippen LogP contribution in [0.25, 0.3) is 0 Å². The average molecular weight is 583 g/mol. The quantitative estimate of drug-likeness (QED) is 0.0570. The highest BCUT2D eigenvalue weighted by Gasteiger charge is 2.27. The second kappa shape index (κ2) is 25.9. The van der Waals surface area contributed by atoms with E-state index in [1.54, 1.807) is 0 Å². The van der Waals surface area contributed by atoms with E-state index >= 15 is 0 Å². The maximum absolute atomic E-state index is 12.2. The number of carbonyl (C=O) groups excluding carboxylic acids is 2. The van der Waals surface area contributed by atoms with Gasteiger partial charge in [-0.05, 0) is 12.8 Å². The number of aliphatic hydroxyl groups excluding tert-OH is 2. The number of esters is 2. The number of unbranched alkanes of at least 4 members (excludes halogenated alkanes) is 14. The molecule has 10 nitrogen and oxygen atoms in total. The lowest BCUT2D eigenvalue weighted by atomic mass is 10.1. The smallest absolute Gasteiger partial charge is 0.457 e. The molecule has 0 aromatic carbocycles. The van der Waals surface area contributed by atoms with Crippen molar-refractivity contribution >= 4 is 19.8 Å². The molecule has 0 fully saturated rings. The minimum absolute atomic E-state index is 0.191. The van der Waals surface area contributed by atoms with E-state index in [1.165, 1.54) is 44.9 Å². The van der Waals surface area contributed by atoms with E-state index < -0.39 is 58.4 Å². The lowest BCUT2D eigenvalue weighted by Crippen LogP contribution is -2.28. The van der Waals surface area contributed by atoms with Crippen LogP contribution in [0, 0.1) is 0 Å². The number of phosphoric acid groups is 1. The van der Waals surface area contributed by atoms with Crippen LogP contribution >= 0.6 is 7.82 Å². The Morgan fingerprint density at radius 3 is 1.21 bits per heavy atom. The molecule has 0 aliphatic rings. The summed E-state index contributed by atoms with van der Waals surface area (Å²) >= 11 is 0. The van der Waals surface area contributed by atoms with E-state index in [-0.39, 0.29) is 12.8 Å². The van der Waals surface area contributed by atoms with Gasteiger partial charge in [0, 0.05) is 12.8 Å². The molecule has 0 saturated carbocycles. The van der Waals surface area contributed by atoms with E-state index in [1.807, 2.05) is 0 Å². The van der Waals surface area contributed by atoms with Crippen molar-refractivity contribution in [2.45, 2.75) is 142 Å². The Bertz CT molecular complexity index is 646. The van der Waals surface area contributed by atoms with Crippen molar-refractivity contribution in [1.29, 1.82) is 0 Å². The van der Waals surface area contributed by atoms with Crippen LogP contribution in [-0.2, 0) is 32.7 Å². The first-order valence-electron chi connectivity index (χ1n) is 15.0. The number of hydrogen-bond donors (Lipinski definition) is 3. The maximum Gasteiger partial charge on any atom is 0.472 e. The zero-order valence-corrected chi connectivity index (χ0v) is 25.3. The standard InChI is InChI=1S/C28H55O10P/c1-3-5-7-9-10-11-12-13-14-16-18-20-28(32)38-26(22-30)24-36-39(33,34)35-23-25(21-29)37-27(31)19-17-15-8-6-4-2/h25-26,29-30H,3-24H2,1-2H3,(H,33,34). The largest absolute Gasteiger partial charge is 0.472 e. The molecule has 3 atom stereocenters. The predicted octanol–water partition coefficient (Wildman–Crippen LogP) is 5.99. The van der Waals surface area contributed by atoms with Crippen molar-refractivity contribution < 1.29 is 47.8 Å². The van der Waals surface area contributed by atoms with Crippen LogP contribution < -0.4 is 0 Å². The van der Waals surface area contributed by atoms with E-state index in [2.05, 4.69) is 13.8 Å².